The predicted molar refractivity (Wildman–Crippen MR) is 90.8 cm³/mol. The van der Waals surface area contributed by atoms with Crippen LogP contribution in [0.4, 0.5) is 0 Å². The molecule has 122 valence electrons. The minimum absolute atomic E-state index is 0.141. The lowest BCUT2D eigenvalue weighted by Gasteiger charge is -2.25. The number of rotatable bonds is 5. The highest BCUT2D eigenvalue weighted by Crippen LogP contribution is 2.14. The molecule has 0 saturated carbocycles. The number of benzene rings is 1. The number of thiazole rings is 1. The Labute approximate surface area is 144 Å². The van der Waals surface area contributed by atoms with Gasteiger partial charge in [0, 0.05) is 35.6 Å². The summed E-state index contributed by atoms with van der Waals surface area (Å²) in [5.41, 5.74) is 1.60. The van der Waals surface area contributed by atoms with Crippen molar-refractivity contribution in [1.82, 2.24) is 15.2 Å². The number of nitrogens with one attached hydrogen (secondary N) is 1. The molecule has 1 N–H and O–H groups in total. The van der Waals surface area contributed by atoms with Crippen molar-refractivity contribution in [3.63, 3.8) is 0 Å². The summed E-state index contributed by atoms with van der Waals surface area (Å²) in [5.74, 6) is -0.141. The van der Waals surface area contributed by atoms with Gasteiger partial charge in [-0.1, -0.05) is 17.7 Å². The average molecular weight is 352 g/mol. The molecule has 5 nitrogen and oxygen atoms in total. The average Bonchev–Trinajstić information content (AvgIpc) is 3.01. The van der Waals surface area contributed by atoms with Gasteiger partial charge < -0.3 is 10.1 Å². The predicted octanol–water partition coefficient (Wildman–Crippen LogP) is 2.56. The van der Waals surface area contributed by atoms with Gasteiger partial charge in [-0.15, -0.1) is 11.3 Å². The molecule has 0 unspecified atom stereocenters. The molecule has 2 heterocycles. The van der Waals surface area contributed by atoms with Crippen LogP contribution in [0.3, 0.4) is 0 Å². The number of ether oxygens (including phenoxy) is 1. The largest absolute Gasteiger partial charge is 0.379 e. The summed E-state index contributed by atoms with van der Waals surface area (Å²) in [6, 6.07) is 6.91. The van der Waals surface area contributed by atoms with E-state index in [2.05, 4.69) is 20.6 Å². The summed E-state index contributed by atoms with van der Waals surface area (Å²) in [6.45, 7) is 4.72. The molecule has 7 heteroatoms. The quantitative estimate of drug-likeness (QED) is 0.899. The van der Waals surface area contributed by atoms with E-state index < -0.39 is 0 Å². The van der Waals surface area contributed by atoms with Gasteiger partial charge in [0.15, 0.2) is 0 Å². The van der Waals surface area contributed by atoms with Crippen molar-refractivity contribution in [2.45, 2.75) is 13.1 Å². The molecule has 1 fully saturated rings. The highest BCUT2D eigenvalue weighted by molar-refractivity contribution is 7.09. The molecule has 0 radical (unpaired) electrons. The summed E-state index contributed by atoms with van der Waals surface area (Å²) >= 11 is 7.47. The Balaban J connectivity index is 1.51. The molecule has 1 aromatic heterocycles. The summed E-state index contributed by atoms with van der Waals surface area (Å²) in [6.07, 6.45) is 0. The standard InChI is InChI=1S/C16H18ClN3O2S/c17-13-3-1-2-12(8-13)16(21)18-9-15-19-14(11-23-15)10-20-4-6-22-7-5-20/h1-3,8,11H,4-7,9-10H2,(H,18,21). The monoisotopic (exact) mass is 351 g/mol. The minimum atomic E-state index is -0.141. The van der Waals surface area contributed by atoms with E-state index in [9.17, 15) is 4.79 Å². The summed E-state index contributed by atoms with van der Waals surface area (Å²) in [7, 11) is 0. The maximum absolute atomic E-state index is 12.1. The Morgan fingerprint density at radius 2 is 2.22 bits per heavy atom. The zero-order valence-corrected chi connectivity index (χ0v) is 14.2. The second-order valence-corrected chi connectivity index (χ2v) is 6.69. The van der Waals surface area contributed by atoms with E-state index in [1.165, 1.54) is 0 Å². The fourth-order valence-electron chi connectivity index (χ4n) is 2.38. The van der Waals surface area contributed by atoms with Crippen LogP contribution < -0.4 is 5.32 Å². The number of carbonyl (C=O) groups excluding carboxylic acids is 1. The van der Waals surface area contributed by atoms with E-state index >= 15 is 0 Å². The smallest absolute Gasteiger partial charge is 0.251 e. The fraction of sp³-hybridized carbons (Fsp3) is 0.375. The van der Waals surface area contributed by atoms with Gasteiger partial charge in [-0.3, -0.25) is 9.69 Å². The van der Waals surface area contributed by atoms with Crippen LogP contribution in [-0.2, 0) is 17.8 Å². The first-order chi connectivity index (χ1) is 11.2. The third kappa shape index (κ3) is 4.75. The normalized spacial score (nSPS) is 15.5. The van der Waals surface area contributed by atoms with Crippen molar-refractivity contribution in [3.8, 4) is 0 Å². The number of hydrogen-bond donors (Lipinski definition) is 1. The highest BCUT2D eigenvalue weighted by Gasteiger charge is 2.13. The molecule has 3 rings (SSSR count). The number of halogens is 1. The lowest BCUT2D eigenvalue weighted by Crippen LogP contribution is -2.35. The summed E-state index contributed by atoms with van der Waals surface area (Å²) in [4.78, 5) is 19.0. The molecule has 1 saturated heterocycles. The molecule has 0 atom stereocenters. The van der Waals surface area contributed by atoms with Gasteiger partial charge in [0.2, 0.25) is 0 Å². The van der Waals surface area contributed by atoms with Gasteiger partial charge in [-0.25, -0.2) is 4.98 Å². The minimum Gasteiger partial charge on any atom is -0.379 e. The van der Waals surface area contributed by atoms with Crippen molar-refractivity contribution in [1.29, 1.82) is 0 Å². The number of hydrogen-bond acceptors (Lipinski definition) is 5. The lowest BCUT2D eigenvalue weighted by molar-refractivity contribution is 0.0337. The second-order valence-electron chi connectivity index (χ2n) is 5.31. The number of nitrogens with zero attached hydrogens (tertiary/aromatic N) is 2. The highest BCUT2D eigenvalue weighted by atomic mass is 35.5. The molecule has 0 aliphatic carbocycles. The molecule has 1 aliphatic heterocycles. The van der Waals surface area contributed by atoms with Crippen LogP contribution in [0.25, 0.3) is 0 Å². The van der Waals surface area contributed by atoms with E-state index in [0.717, 1.165) is 43.5 Å². The molecular weight excluding hydrogens is 334 g/mol. The molecule has 2 aromatic rings. The fourth-order valence-corrected chi connectivity index (χ4v) is 3.29. The first-order valence-corrected chi connectivity index (χ1v) is 8.73. The molecular formula is C16H18ClN3O2S. The Morgan fingerprint density at radius 3 is 3.00 bits per heavy atom. The summed E-state index contributed by atoms with van der Waals surface area (Å²) in [5, 5.41) is 6.39. The van der Waals surface area contributed by atoms with Crippen LogP contribution in [0, 0.1) is 0 Å². The molecule has 23 heavy (non-hydrogen) atoms. The van der Waals surface area contributed by atoms with Crippen molar-refractivity contribution in [2.75, 3.05) is 26.3 Å². The lowest BCUT2D eigenvalue weighted by atomic mass is 10.2. The second kappa shape index (κ2) is 7.88. The van der Waals surface area contributed by atoms with E-state index in [-0.39, 0.29) is 5.91 Å². The van der Waals surface area contributed by atoms with Crippen LogP contribution in [0.15, 0.2) is 29.6 Å². The van der Waals surface area contributed by atoms with E-state index in [1.54, 1.807) is 35.6 Å². The van der Waals surface area contributed by atoms with Crippen LogP contribution >= 0.6 is 22.9 Å². The third-order valence-electron chi connectivity index (χ3n) is 3.58. The van der Waals surface area contributed by atoms with Gasteiger partial charge in [-0.2, -0.15) is 0 Å². The topological polar surface area (TPSA) is 54.5 Å². The van der Waals surface area contributed by atoms with Crippen LogP contribution in [0.5, 0.6) is 0 Å². The zero-order chi connectivity index (χ0) is 16.1. The molecule has 0 bridgehead atoms. The van der Waals surface area contributed by atoms with Gasteiger partial charge in [0.25, 0.3) is 5.91 Å². The van der Waals surface area contributed by atoms with E-state index in [1.807, 2.05) is 0 Å². The SMILES string of the molecule is O=C(NCc1nc(CN2CCOCC2)cs1)c1cccc(Cl)c1. The third-order valence-corrected chi connectivity index (χ3v) is 4.71. The van der Waals surface area contributed by atoms with Crippen LogP contribution in [0.2, 0.25) is 5.02 Å². The Hall–Kier alpha value is -1.47. The maximum atomic E-state index is 12.1. The Kier molecular flexibility index (Phi) is 5.61. The first-order valence-electron chi connectivity index (χ1n) is 7.48. The number of amides is 1. The number of aromatic nitrogens is 1. The van der Waals surface area contributed by atoms with Gasteiger partial charge in [0.1, 0.15) is 5.01 Å². The van der Waals surface area contributed by atoms with Gasteiger partial charge in [-0.05, 0) is 18.2 Å². The first kappa shape index (κ1) is 16.4. The van der Waals surface area contributed by atoms with Crippen LogP contribution in [-0.4, -0.2) is 42.1 Å². The Morgan fingerprint density at radius 1 is 1.39 bits per heavy atom. The van der Waals surface area contributed by atoms with Crippen molar-refractivity contribution in [3.05, 3.63) is 50.9 Å². The number of carbonyl (C=O) groups is 1. The van der Waals surface area contributed by atoms with E-state index in [0.29, 0.717) is 17.1 Å². The zero-order valence-electron chi connectivity index (χ0n) is 12.6. The van der Waals surface area contributed by atoms with E-state index in [4.69, 9.17) is 16.3 Å². The summed E-state index contributed by atoms with van der Waals surface area (Å²) < 4.78 is 5.34. The molecule has 0 spiro atoms. The molecule has 1 amide bonds. The van der Waals surface area contributed by atoms with Crippen LogP contribution in [0.1, 0.15) is 21.1 Å². The van der Waals surface area contributed by atoms with Crippen molar-refractivity contribution >= 4 is 28.8 Å². The van der Waals surface area contributed by atoms with Crippen molar-refractivity contribution < 1.29 is 9.53 Å². The number of morpholine rings is 1. The molecule has 1 aromatic carbocycles. The van der Waals surface area contributed by atoms with Gasteiger partial charge in [0.05, 0.1) is 25.5 Å². The van der Waals surface area contributed by atoms with Gasteiger partial charge >= 0.3 is 0 Å². The Bertz CT molecular complexity index is 671. The maximum Gasteiger partial charge on any atom is 0.251 e. The molecule has 1 aliphatic rings. The van der Waals surface area contributed by atoms with Crippen molar-refractivity contribution in [2.24, 2.45) is 0 Å².